The zero-order chi connectivity index (χ0) is 30.2. The SMILES string of the molecule is COC[C@H]1CC[C@@]2(COc3nc(N4CC5CCC(C4)N5)c4cc(Cl)c(-c5ccc(F)c6sc(N)nc56)c(F)c4n3)CCCN12. The normalized spacial score (nSPS) is 26.7. The number of rotatable bonds is 7. The molecule has 2 bridgehead atoms. The molecule has 4 aliphatic rings. The molecular weight excluding hydrogens is 608 g/mol. The number of hydrogen-bond donors (Lipinski definition) is 2. The van der Waals surface area contributed by atoms with E-state index in [4.69, 9.17) is 31.8 Å². The van der Waals surface area contributed by atoms with E-state index in [0.29, 0.717) is 48.1 Å². The summed E-state index contributed by atoms with van der Waals surface area (Å²) >= 11 is 7.85. The topological polar surface area (TPSA) is 102 Å². The average Bonchev–Trinajstić information content (AvgIpc) is 3.77. The predicted octanol–water partition coefficient (Wildman–Crippen LogP) is 5.38. The van der Waals surface area contributed by atoms with Crippen LogP contribution in [0.2, 0.25) is 5.02 Å². The Hall–Kier alpha value is -2.90. The first-order valence-electron chi connectivity index (χ1n) is 15.3. The number of anilines is 2. The third-order valence-corrected chi connectivity index (χ3v) is 11.2. The highest BCUT2D eigenvalue weighted by atomic mass is 35.5. The lowest BCUT2D eigenvalue weighted by atomic mass is 9.95. The van der Waals surface area contributed by atoms with Gasteiger partial charge in [0.1, 0.15) is 23.8 Å². The largest absolute Gasteiger partial charge is 0.461 e. The number of fused-ring (bicyclic) bond motifs is 5. The Balaban J connectivity index is 1.24. The molecule has 13 heteroatoms. The summed E-state index contributed by atoms with van der Waals surface area (Å²) in [5, 5.41) is 4.53. The maximum Gasteiger partial charge on any atom is 0.319 e. The molecular formula is C31H34ClF2N7O2S. The van der Waals surface area contributed by atoms with Crippen molar-refractivity contribution in [2.45, 2.75) is 62.2 Å². The molecule has 8 rings (SSSR count). The molecule has 4 fully saturated rings. The highest BCUT2D eigenvalue weighted by Crippen LogP contribution is 2.45. The van der Waals surface area contributed by atoms with E-state index in [1.807, 2.05) is 0 Å². The number of nitrogen functional groups attached to an aromatic ring is 1. The molecule has 0 radical (unpaired) electrons. The molecule has 0 amide bonds. The molecule has 9 nitrogen and oxygen atoms in total. The molecule has 44 heavy (non-hydrogen) atoms. The summed E-state index contributed by atoms with van der Waals surface area (Å²) in [5.41, 5.74) is 6.66. The highest BCUT2D eigenvalue weighted by molar-refractivity contribution is 7.22. The van der Waals surface area contributed by atoms with Crippen molar-refractivity contribution in [2.75, 3.05) is 50.6 Å². The first-order valence-corrected chi connectivity index (χ1v) is 16.5. The van der Waals surface area contributed by atoms with Crippen molar-refractivity contribution in [3.63, 3.8) is 0 Å². The van der Waals surface area contributed by atoms with Gasteiger partial charge in [-0.05, 0) is 63.3 Å². The lowest BCUT2D eigenvalue weighted by molar-refractivity contribution is 0.0521. The second-order valence-electron chi connectivity index (χ2n) is 12.6. The average molecular weight is 642 g/mol. The van der Waals surface area contributed by atoms with Crippen LogP contribution < -0.4 is 20.7 Å². The maximum atomic E-state index is 16.8. The summed E-state index contributed by atoms with van der Waals surface area (Å²) in [5.74, 6) is -0.480. The van der Waals surface area contributed by atoms with Crippen LogP contribution in [0.3, 0.4) is 0 Å². The van der Waals surface area contributed by atoms with Crippen LogP contribution in [0.4, 0.5) is 19.7 Å². The lowest BCUT2D eigenvalue weighted by Gasteiger charge is -2.35. The van der Waals surface area contributed by atoms with E-state index < -0.39 is 11.6 Å². The van der Waals surface area contributed by atoms with E-state index in [-0.39, 0.29) is 43.0 Å². The van der Waals surface area contributed by atoms with Crippen LogP contribution in [0.25, 0.3) is 32.2 Å². The van der Waals surface area contributed by atoms with E-state index in [0.717, 1.165) is 69.5 Å². The fourth-order valence-corrected chi connectivity index (χ4v) is 9.11. The molecule has 6 heterocycles. The van der Waals surface area contributed by atoms with Crippen LogP contribution in [-0.2, 0) is 4.74 Å². The van der Waals surface area contributed by atoms with E-state index in [9.17, 15) is 4.39 Å². The molecule has 4 atom stereocenters. The standard InChI is InChI=1S/C31H34ClF2N7O2S/c1-42-14-18-7-9-31(8-2-10-41(18)31)15-43-30-38-25-20(28(39-30)40-12-16-3-4-17(13-40)36-16)11-21(32)23(24(25)34)19-5-6-22(33)27-26(19)37-29(35)44-27/h5-6,11,16-18,36H,2-4,7-10,12-15H2,1H3,(H2,35,37)/t16?,17?,18-,31-/m1/s1. The Bertz CT molecular complexity index is 1760. The van der Waals surface area contributed by atoms with E-state index >= 15 is 4.39 Å². The fourth-order valence-electron chi connectivity index (χ4n) is 8.06. The minimum absolute atomic E-state index is 0.101. The van der Waals surface area contributed by atoms with Gasteiger partial charge >= 0.3 is 6.01 Å². The Morgan fingerprint density at radius 3 is 2.73 bits per heavy atom. The molecule has 2 unspecified atom stereocenters. The number of halogens is 3. The number of methoxy groups -OCH3 is 1. The van der Waals surface area contributed by atoms with E-state index in [1.54, 1.807) is 13.2 Å². The summed E-state index contributed by atoms with van der Waals surface area (Å²) in [6, 6.07) is 5.68. The van der Waals surface area contributed by atoms with Crippen molar-refractivity contribution in [2.24, 2.45) is 0 Å². The number of nitrogens with one attached hydrogen (secondary N) is 1. The van der Waals surface area contributed by atoms with Crippen molar-refractivity contribution in [1.29, 1.82) is 0 Å². The van der Waals surface area contributed by atoms with Crippen LogP contribution in [-0.4, -0.2) is 83.5 Å². The Morgan fingerprint density at radius 2 is 1.93 bits per heavy atom. The smallest absolute Gasteiger partial charge is 0.319 e. The molecule has 0 aliphatic carbocycles. The van der Waals surface area contributed by atoms with Crippen LogP contribution >= 0.6 is 22.9 Å². The number of piperazine rings is 1. The molecule has 232 valence electrons. The number of aromatic nitrogens is 3. The number of nitrogens with zero attached hydrogens (tertiary/aromatic N) is 5. The van der Waals surface area contributed by atoms with Crippen LogP contribution in [0.15, 0.2) is 18.2 Å². The first kappa shape index (κ1) is 28.6. The van der Waals surface area contributed by atoms with E-state index in [2.05, 4.69) is 25.1 Å². The Morgan fingerprint density at radius 1 is 1.11 bits per heavy atom. The summed E-state index contributed by atoms with van der Waals surface area (Å²) < 4.78 is 43.6. The summed E-state index contributed by atoms with van der Waals surface area (Å²) in [4.78, 5) is 18.6. The van der Waals surface area contributed by atoms with Crippen molar-refractivity contribution >= 4 is 55.0 Å². The summed E-state index contributed by atoms with van der Waals surface area (Å²) in [6.45, 7) is 3.62. The van der Waals surface area contributed by atoms with Gasteiger partial charge in [0.05, 0.1) is 27.4 Å². The zero-order valence-electron chi connectivity index (χ0n) is 24.4. The molecule has 4 aromatic rings. The minimum Gasteiger partial charge on any atom is -0.461 e. The fraction of sp³-hybridized carbons (Fsp3) is 0.516. The number of ether oxygens (including phenoxy) is 2. The third-order valence-electron chi connectivity index (χ3n) is 10.0. The van der Waals surface area contributed by atoms with Gasteiger partial charge in [-0.3, -0.25) is 4.90 Å². The minimum atomic E-state index is -0.625. The highest BCUT2D eigenvalue weighted by Gasteiger charge is 2.50. The van der Waals surface area contributed by atoms with Crippen molar-refractivity contribution in [3.05, 3.63) is 34.9 Å². The van der Waals surface area contributed by atoms with Crippen molar-refractivity contribution < 1.29 is 18.3 Å². The van der Waals surface area contributed by atoms with Crippen LogP contribution in [0.1, 0.15) is 38.5 Å². The van der Waals surface area contributed by atoms with Gasteiger partial charge in [-0.15, -0.1) is 0 Å². The molecule has 2 aromatic carbocycles. The van der Waals surface area contributed by atoms with Gasteiger partial charge < -0.3 is 25.4 Å². The number of benzene rings is 2. The Labute approximate surface area is 262 Å². The predicted molar refractivity (Wildman–Crippen MR) is 169 cm³/mol. The summed E-state index contributed by atoms with van der Waals surface area (Å²) in [7, 11) is 1.74. The van der Waals surface area contributed by atoms with Gasteiger partial charge in [0.2, 0.25) is 0 Å². The molecule has 2 aromatic heterocycles. The second kappa shape index (κ2) is 10.9. The number of thiazole rings is 1. The van der Waals surface area contributed by atoms with E-state index in [1.165, 1.54) is 12.1 Å². The number of hydrogen-bond acceptors (Lipinski definition) is 10. The second-order valence-corrected chi connectivity index (χ2v) is 14.0. The molecule has 4 aliphatic heterocycles. The lowest BCUT2D eigenvalue weighted by Crippen LogP contribution is -2.51. The molecule has 0 saturated carbocycles. The zero-order valence-corrected chi connectivity index (χ0v) is 26.0. The van der Waals surface area contributed by atoms with Gasteiger partial charge in [-0.2, -0.15) is 9.97 Å². The van der Waals surface area contributed by atoms with Crippen LogP contribution in [0, 0.1) is 11.6 Å². The van der Waals surface area contributed by atoms with Gasteiger partial charge in [0.15, 0.2) is 10.9 Å². The summed E-state index contributed by atoms with van der Waals surface area (Å²) in [6.07, 6.45) is 6.36. The van der Waals surface area contributed by atoms with Crippen molar-refractivity contribution in [3.8, 4) is 17.1 Å². The van der Waals surface area contributed by atoms with Gasteiger partial charge in [0, 0.05) is 54.8 Å². The third kappa shape index (κ3) is 4.60. The Kier molecular flexibility index (Phi) is 7.06. The molecule has 4 saturated heterocycles. The number of nitrogens with two attached hydrogens (primary N) is 1. The van der Waals surface area contributed by atoms with Gasteiger partial charge in [-0.25, -0.2) is 13.8 Å². The van der Waals surface area contributed by atoms with Gasteiger partial charge in [0.25, 0.3) is 0 Å². The molecule has 0 spiro atoms. The quantitative estimate of drug-likeness (QED) is 0.275. The van der Waals surface area contributed by atoms with Crippen molar-refractivity contribution in [1.82, 2.24) is 25.2 Å². The molecule has 3 N–H and O–H groups in total. The monoisotopic (exact) mass is 641 g/mol. The maximum absolute atomic E-state index is 16.8. The first-order chi connectivity index (χ1) is 21.3. The van der Waals surface area contributed by atoms with Crippen LogP contribution in [0.5, 0.6) is 6.01 Å². The van der Waals surface area contributed by atoms with Gasteiger partial charge in [-0.1, -0.05) is 22.9 Å².